The summed E-state index contributed by atoms with van der Waals surface area (Å²) in [6.07, 6.45) is 4.64. The van der Waals surface area contributed by atoms with Gasteiger partial charge in [0.05, 0.1) is 6.04 Å². The van der Waals surface area contributed by atoms with Crippen molar-refractivity contribution in [3.63, 3.8) is 0 Å². The van der Waals surface area contributed by atoms with E-state index in [1.54, 1.807) is 11.7 Å². The number of fused-ring (bicyclic) bond motifs is 1. The molecule has 126 valence electrons. The van der Waals surface area contributed by atoms with Crippen LogP contribution in [0.2, 0.25) is 0 Å². The van der Waals surface area contributed by atoms with E-state index in [1.807, 2.05) is 4.90 Å². The monoisotopic (exact) mass is 325 g/mol. The highest BCUT2D eigenvalue weighted by molar-refractivity contribution is 5.78. The van der Waals surface area contributed by atoms with Crippen LogP contribution in [0.4, 0.5) is 5.95 Å². The molecule has 2 atom stereocenters. The van der Waals surface area contributed by atoms with E-state index in [4.69, 9.17) is 5.73 Å². The number of likely N-dealkylation sites (tertiary alicyclic amines) is 1. The van der Waals surface area contributed by atoms with Crippen molar-refractivity contribution in [1.82, 2.24) is 19.7 Å². The summed E-state index contributed by atoms with van der Waals surface area (Å²) in [6, 6.07) is 8.47. The van der Waals surface area contributed by atoms with Crippen molar-refractivity contribution in [2.75, 3.05) is 12.3 Å². The molecule has 0 saturated carbocycles. The highest BCUT2D eigenvalue weighted by Crippen LogP contribution is 2.38. The van der Waals surface area contributed by atoms with Crippen LogP contribution in [-0.4, -0.2) is 32.1 Å². The predicted molar refractivity (Wildman–Crippen MR) is 91.2 cm³/mol. The standard InChI is InChI=1S/C18H23N5O/c1-22-18(19)20-17(21-22)15-7-4-10-23(15)16(24)11-13-9-8-12-5-2-3-6-14(12)13/h2-3,5-6,13,15H,4,7-11H2,1H3,(H2,19,20,21). The van der Waals surface area contributed by atoms with Gasteiger partial charge in [-0.1, -0.05) is 24.3 Å². The second kappa shape index (κ2) is 5.92. The summed E-state index contributed by atoms with van der Waals surface area (Å²) < 4.78 is 1.57. The fourth-order valence-electron chi connectivity index (χ4n) is 4.08. The quantitative estimate of drug-likeness (QED) is 0.938. The molecule has 24 heavy (non-hydrogen) atoms. The minimum atomic E-state index is -0.0300. The molecule has 6 nitrogen and oxygen atoms in total. The number of carbonyl (C=O) groups excluding carboxylic acids is 1. The van der Waals surface area contributed by atoms with E-state index in [1.165, 1.54) is 11.1 Å². The fourth-order valence-corrected chi connectivity index (χ4v) is 4.08. The van der Waals surface area contributed by atoms with Gasteiger partial charge in [0.25, 0.3) is 0 Å². The number of benzene rings is 1. The molecule has 1 aromatic carbocycles. The maximum absolute atomic E-state index is 12.9. The molecule has 4 rings (SSSR count). The highest BCUT2D eigenvalue weighted by Gasteiger charge is 2.35. The third-order valence-electron chi connectivity index (χ3n) is 5.36. The van der Waals surface area contributed by atoms with Crippen molar-refractivity contribution < 1.29 is 4.79 Å². The molecular formula is C18H23N5O. The van der Waals surface area contributed by atoms with Crippen molar-refractivity contribution in [3.8, 4) is 0 Å². The van der Waals surface area contributed by atoms with Crippen LogP contribution in [0.15, 0.2) is 24.3 Å². The van der Waals surface area contributed by atoms with E-state index < -0.39 is 0 Å². The van der Waals surface area contributed by atoms with E-state index in [0.29, 0.717) is 24.1 Å². The summed E-state index contributed by atoms with van der Waals surface area (Å²) in [5, 5.41) is 4.38. The summed E-state index contributed by atoms with van der Waals surface area (Å²) in [5.41, 5.74) is 8.55. The number of rotatable bonds is 3. The van der Waals surface area contributed by atoms with Crippen molar-refractivity contribution in [3.05, 3.63) is 41.2 Å². The number of nitrogens with zero attached hydrogens (tertiary/aromatic N) is 4. The lowest BCUT2D eigenvalue weighted by Gasteiger charge is -2.24. The van der Waals surface area contributed by atoms with Crippen molar-refractivity contribution in [2.45, 2.75) is 44.1 Å². The van der Waals surface area contributed by atoms with Gasteiger partial charge in [-0.05, 0) is 42.7 Å². The molecule has 0 radical (unpaired) electrons. The highest BCUT2D eigenvalue weighted by atomic mass is 16.2. The molecule has 1 aliphatic carbocycles. The number of hydrogen-bond donors (Lipinski definition) is 1. The number of aromatic nitrogens is 3. The van der Waals surface area contributed by atoms with Crippen LogP contribution in [0, 0.1) is 0 Å². The van der Waals surface area contributed by atoms with Gasteiger partial charge in [0.1, 0.15) is 0 Å². The average Bonchev–Trinajstić information content (AvgIpc) is 3.28. The van der Waals surface area contributed by atoms with E-state index in [-0.39, 0.29) is 11.9 Å². The summed E-state index contributed by atoms with van der Waals surface area (Å²) in [4.78, 5) is 19.2. The predicted octanol–water partition coefficient (Wildman–Crippen LogP) is 2.18. The summed E-state index contributed by atoms with van der Waals surface area (Å²) >= 11 is 0. The molecule has 1 amide bonds. The Morgan fingerprint density at radius 2 is 2.17 bits per heavy atom. The summed E-state index contributed by atoms with van der Waals surface area (Å²) in [5.74, 6) is 1.63. The summed E-state index contributed by atoms with van der Waals surface area (Å²) in [7, 11) is 1.78. The van der Waals surface area contributed by atoms with Crippen LogP contribution in [0.3, 0.4) is 0 Å². The Bertz CT molecular complexity index is 749. The molecule has 2 aromatic rings. The van der Waals surface area contributed by atoms with E-state index in [9.17, 15) is 4.79 Å². The van der Waals surface area contributed by atoms with Gasteiger partial charge < -0.3 is 10.6 Å². The van der Waals surface area contributed by atoms with Gasteiger partial charge in [0, 0.05) is 20.0 Å². The first-order chi connectivity index (χ1) is 11.6. The lowest BCUT2D eigenvalue weighted by atomic mass is 9.97. The maximum atomic E-state index is 12.9. The minimum Gasteiger partial charge on any atom is -0.368 e. The smallest absolute Gasteiger partial charge is 0.223 e. The Labute approximate surface area is 141 Å². The van der Waals surface area contributed by atoms with Crippen molar-refractivity contribution >= 4 is 11.9 Å². The first kappa shape index (κ1) is 15.2. The number of hydrogen-bond acceptors (Lipinski definition) is 4. The third-order valence-corrected chi connectivity index (χ3v) is 5.36. The lowest BCUT2D eigenvalue weighted by molar-refractivity contribution is -0.132. The zero-order valence-electron chi connectivity index (χ0n) is 14.0. The molecule has 1 aromatic heterocycles. The molecule has 0 spiro atoms. The van der Waals surface area contributed by atoms with Gasteiger partial charge in [0.2, 0.25) is 11.9 Å². The number of aryl methyl sites for hydroxylation is 2. The zero-order valence-corrected chi connectivity index (χ0v) is 14.0. The van der Waals surface area contributed by atoms with Crippen LogP contribution in [0.1, 0.15) is 54.6 Å². The molecule has 2 heterocycles. The third kappa shape index (κ3) is 2.56. The first-order valence-electron chi connectivity index (χ1n) is 8.67. The van der Waals surface area contributed by atoms with E-state index in [2.05, 4.69) is 34.3 Å². The van der Waals surface area contributed by atoms with E-state index in [0.717, 1.165) is 32.2 Å². The average molecular weight is 325 g/mol. The lowest BCUT2D eigenvalue weighted by Crippen LogP contribution is -2.32. The molecule has 1 saturated heterocycles. The van der Waals surface area contributed by atoms with E-state index >= 15 is 0 Å². The van der Waals surface area contributed by atoms with Crippen LogP contribution < -0.4 is 5.73 Å². The van der Waals surface area contributed by atoms with Crippen LogP contribution in [0.25, 0.3) is 0 Å². The minimum absolute atomic E-state index is 0.0300. The number of amides is 1. The SMILES string of the molecule is Cn1nc(C2CCCN2C(=O)CC2CCc3ccccc32)nc1N. The summed E-state index contributed by atoms with van der Waals surface area (Å²) in [6.45, 7) is 0.788. The fraction of sp³-hybridized carbons (Fsp3) is 0.500. The Morgan fingerprint density at radius 1 is 1.33 bits per heavy atom. The van der Waals surface area contributed by atoms with Gasteiger partial charge in [0.15, 0.2) is 5.82 Å². The van der Waals surface area contributed by atoms with Crippen molar-refractivity contribution in [1.29, 1.82) is 0 Å². The molecule has 1 aliphatic heterocycles. The number of anilines is 1. The molecule has 2 unspecified atom stereocenters. The van der Waals surface area contributed by atoms with Gasteiger partial charge >= 0.3 is 0 Å². The van der Waals surface area contributed by atoms with Gasteiger partial charge in [-0.3, -0.25) is 4.79 Å². The van der Waals surface area contributed by atoms with Crippen LogP contribution in [-0.2, 0) is 18.3 Å². The number of nitrogens with two attached hydrogens (primary N) is 1. The number of carbonyl (C=O) groups is 1. The maximum Gasteiger partial charge on any atom is 0.223 e. The largest absolute Gasteiger partial charge is 0.368 e. The first-order valence-corrected chi connectivity index (χ1v) is 8.67. The second-order valence-electron chi connectivity index (χ2n) is 6.84. The van der Waals surface area contributed by atoms with Crippen molar-refractivity contribution in [2.24, 2.45) is 7.05 Å². The Morgan fingerprint density at radius 3 is 2.96 bits per heavy atom. The molecule has 2 N–H and O–H groups in total. The molecule has 1 fully saturated rings. The molecule has 0 bridgehead atoms. The topological polar surface area (TPSA) is 77.0 Å². The van der Waals surface area contributed by atoms with Gasteiger partial charge in [-0.15, -0.1) is 0 Å². The van der Waals surface area contributed by atoms with Crippen LogP contribution >= 0.6 is 0 Å². The molecule has 6 heteroatoms. The van der Waals surface area contributed by atoms with Crippen LogP contribution in [0.5, 0.6) is 0 Å². The van der Waals surface area contributed by atoms with Gasteiger partial charge in [-0.25, -0.2) is 4.68 Å². The molecular weight excluding hydrogens is 302 g/mol. The second-order valence-corrected chi connectivity index (χ2v) is 6.84. The Kier molecular flexibility index (Phi) is 3.75. The normalized spacial score (nSPS) is 22.8. The molecule has 2 aliphatic rings. The number of nitrogen functional groups attached to an aromatic ring is 1. The van der Waals surface area contributed by atoms with Gasteiger partial charge in [-0.2, -0.15) is 10.1 Å². The zero-order chi connectivity index (χ0) is 16.7. The Hall–Kier alpha value is -2.37. The Balaban J connectivity index is 1.50.